The minimum Gasteiger partial charge on any atom is -0.493 e. The summed E-state index contributed by atoms with van der Waals surface area (Å²) in [6.45, 7) is 32.8. The minimum absolute atomic E-state index is 0. The number of aryl methyl sites for hydroxylation is 5. The molecule has 0 saturated heterocycles. The molecular formula is C88H73Ir4N13-8. The van der Waals surface area contributed by atoms with Crippen molar-refractivity contribution in [3.8, 4) is 11.1 Å². The van der Waals surface area contributed by atoms with Gasteiger partial charge in [-0.1, -0.05) is 129 Å². The van der Waals surface area contributed by atoms with Gasteiger partial charge in [0.25, 0.3) is 0 Å². The van der Waals surface area contributed by atoms with E-state index in [1.54, 1.807) is 18.6 Å². The normalized spacial score (nSPS) is 12.7. The average Bonchev–Trinajstić information content (AvgIpc) is 1.63. The molecule has 0 bridgehead atoms. The van der Waals surface area contributed by atoms with Crippen molar-refractivity contribution in [3.63, 3.8) is 0 Å². The van der Waals surface area contributed by atoms with Crippen LogP contribution in [0, 0.1) is 92.1 Å². The Kier molecular flexibility index (Phi) is 25.7. The number of nitrogens with zero attached hydrogens (tertiary/aromatic N) is 13. The van der Waals surface area contributed by atoms with Crippen molar-refractivity contribution in [2.45, 2.75) is 60.8 Å². The molecule has 0 fully saturated rings. The molecule has 0 aliphatic carbocycles. The first-order valence-electron chi connectivity index (χ1n) is 33.5. The van der Waals surface area contributed by atoms with Crippen LogP contribution in [0.25, 0.3) is 16.0 Å². The van der Waals surface area contributed by atoms with E-state index in [0.717, 1.165) is 85.7 Å². The van der Waals surface area contributed by atoms with Crippen LogP contribution in [0.3, 0.4) is 0 Å². The summed E-state index contributed by atoms with van der Waals surface area (Å²) in [5.41, 5.74) is 23.2. The molecule has 7 heterocycles. The number of hydrogen-bond donors (Lipinski definition) is 0. The molecule has 3 aromatic heterocycles. The molecule has 13 aromatic rings. The zero-order valence-corrected chi connectivity index (χ0v) is 68.5. The van der Waals surface area contributed by atoms with E-state index < -0.39 is 0 Å². The molecule has 0 unspecified atom stereocenters. The summed E-state index contributed by atoms with van der Waals surface area (Å²) >= 11 is 0. The molecule has 4 aliphatic rings. The smallest absolute Gasteiger partial charge is 0.207 e. The Bertz CT molecular complexity index is 4980. The van der Waals surface area contributed by atoms with Gasteiger partial charge in [0.1, 0.15) is 23.3 Å². The van der Waals surface area contributed by atoms with Gasteiger partial charge < -0.3 is 39.2 Å². The van der Waals surface area contributed by atoms with Crippen molar-refractivity contribution >= 4 is 97.2 Å². The summed E-state index contributed by atoms with van der Waals surface area (Å²) in [5, 5.41) is 0. The van der Waals surface area contributed by atoms with Gasteiger partial charge in [-0.2, -0.15) is 115 Å². The van der Waals surface area contributed by atoms with Crippen LogP contribution >= 0.6 is 0 Å². The van der Waals surface area contributed by atoms with Crippen LogP contribution in [-0.4, -0.2) is 19.9 Å². The SMILES string of the molecule is Cc1ccccc1-c1ccc2c(c1)N(c1[c-]cccc1)[CH-]N2c1ccccc1C.Cc1ccccc1N1[CH-]N(c2[c-]cccc2)c2ncccc21.Cc1ccccc1N1[CH-]N(c2[c-]cccc2)c2nccnc21.[C-]#[N+]c1cnc2c(c1)N(c1ccccc1C)[CH-]N2c1[c-]cc(C(C)(C)C)cc1.[Ir].[Ir].[Ir].[Ir]. The molecule has 13 nitrogen and oxygen atoms in total. The van der Waals surface area contributed by atoms with E-state index in [9.17, 15) is 0 Å². The van der Waals surface area contributed by atoms with Gasteiger partial charge in [0, 0.05) is 145 Å². The van der Waals surface area contributed by atoms with Crippen LogP contribution in [0.4, 0.5) is 97.2 Å². The maximum atomic E-state index is 7.35. The van der Waals surface area contributed by atoms with Crippen molar-refractivity contribution in [1.82, 2.24) is 19.9 Å². The zero-order valence-electron chi connectivity index (χ0n) is 58.9. The van der Waals surface area contributed by atoms with Gasteiger partial charge in [0.2, 0.25) is 5.69 Å². The van der Waals surface area contributed by atoms with Gasteiger partial charge in [-0.05, 0) is 128 Å². The molecule has 17 heteroatoms. The quantitative estimate of drug-likeness (QED) is 0.129. The fourth-order valence-electron chi connectivity index (χ4n) is 12.6. The number of rotatable bonds is 9. The van der Waals surface area contributed by atoms with E-state index in [-0.39, 0.29) is 85.8 Å². The first-order valence-corrected chi connectivity index (χ1v) is 33.5. The second kappa shape index (κ2) is 34.8. The summed E-state index contributed by atoms with van der Waals surface area (Å²) in [6, 6.07) is 98.0. The van der Waals surface area contributed by atoms with E-state index in [1.165, 1.54) is 50.3 Å². The number of anilines is 16. The number of fused-ring (bicyclic) bond motifs is 4. The Hall–Kier alpha value is -9.93. The molecular weight excluding hydrogens is 2010 g/mol. The predicted molar refractivity (Wildman–Crippen MR) is 412 cm³/mol. The van der Waals surface area contributed by atoms with Gasteiger partial charge >= 0.3 is 0 Å². The minimum atomic E-state index is 0. The molecule has 4 aliphatic heterocycles. The number of para-hydroxylation sites is 7. The summed E-state index contributed by atoms with van der Waals surface area (Å²) < 4.78 is 0. The van der Waals surface area contributed by atoms with Crippen LogP contribution in [0.1, 0.15) is 54.2 Å². The molecule has 0 amide bonds. The third-order valence-corrected chi connectivity index (χ3v) is 18.0. The second-order valence-electron chi connectivity index (χ2n) is 25.7. The zero-order chi connectivity index (χ0) is 69.6. The van der Waals surface area contributed by atoms with E-state index in [2.05, 4.69) is 293 Å². The van der Waals surface area contributed by atoms with Crippen molar-refractivity contribution in [1.29, 1.82) is 0 Å². The van der Waals surface area contributed by atoms with Crippen LogP contribution in [0.5, 0.6) is 0 Å². The number of pyridine rings is 2. The van der Waals surface area contributed by atoms with E-state index >= 15 is 0 Å². The standard InChI is InChI=1S/C27H22N2.C24H22N4.C19H15N3.C18H14N4.4Ir/c1-20-10-6-8-14-24(20)22-16-17-26-27(18-22)28(23-12-4-3-5-13-23)19-29(26)25-15-9-7-11-21(25)2;1-17-8-6-7-9-21(17)28-16-27(23-22(28)14-19(25-5)15-26-23)20-12-10-18(11-13-20)24(2,3)4;1-15-8-5-6-11-17(15)22-14-21(16-9-3-2-4-10-16)19-18(22)12-7-13-20-19;1-14-7-5-6-10-16(14)22-13-21(15-8-3-2-4-9-15)17-18(22)20-12-11-19-17;;;;/h3-12,14-19H,1-2H3;6-12,14-16H,1-4H3;2-9,11-14H,1H3;2-8,10-13H,1H3;;;;/q4*-2;;;;. The van der Waals surface area contributed by atoms with Gasteiger partial charge in [0.15, 0.2) is 0 Å². The van der Waals surface area contributed by atoms with Gasteiger partial charge in [0.05, 0.1) is 12.3 Å². The molecule has 10 aromatic carbocycles. The predicted octanol–water partition coefficient (Wildman–Crippen LogP) is 22.2. The van der Waals surface area contributed by atoms with Crippen LogP contribution in [0.2, 0.25) is 0 Å². The maximum absolute atomic E-state index is 7.35. The maximum Gasteiger partial charge on any atom is 0.207 e. The summed E-state index contributed by atoms with van der Waals surface area (Å²) in [5.74, 6) is 3.37. The molecule has 0 saturated carbocycles. The van der Waals surface area contributed by atoms with E-state index in [1.807, 2.05) is 132 Å². The summed E-state index contributed by atoms with van der Waals surface area (Å²) in [6.07, 6.45) is 6.88. The Morgan fingerprint density at radius 1 is 0.333 bits per heavy atom. The largest absolute Gasteiger partial charge is 0.493 e. The monoisotopic (exact) mass is 2080 g/mol. The summed E-state index contributed by atoms with van der Waals surface area (Å²) in [7, 11) is 0. The topological polar surface area (TPSA) is 81.8 Å². The van der Waals surface area contributed by atoms with Crippen LogP contribution in [-0.2, 0) is 85.8 Å². The number of aromatic nitrogens is 4. The Morgan fingerprint density at radius 3 is 1.23 bits per heavy atom. The Labute approximate surface area is 672 Å². The van der Waals surface area contributed by atoms with E-state index in [4.69, 9.17) is 6.57 Å². The van der Waals surface area contributed by atoms with Crippen LogP contribution < -0.4 is 39.2 Å². The number of hydrogen-bond acceptors (Lipinski definition) is 12. The average molecular weight is 2080 g/mol. The molecule has 0 N–H and O–H groups in total. The van der Waals surface area contributed by atoms with Gasteiger partial charge in [-0.25, -0.2) is 19.8 Å². The second-order valence-corrected chi connectivity index (χ2v) is 25.7. The first kappa shape index (κ1) is 77.7. The summed E-state index contributed by atoms with van der Waals surface area (Å²) in [4.78, 5) is 38.6. The van der Waals surface area contributed by atoms with Crippen molar-refractivity contribution in [2.24, 2.45) is 0 Å². The third-order valence-electron chi connectivity index (χ3n) is 18.0. The molecule has 534 valence electrons. The Balaban J connectivity index is 0.000000149. The van der Waals surface area contributed by atoms with Gasteiger partial charge in [-0.3, -0.25) is 4.98 Å². The molecule has 17 rings (SSSR count). The van der Waals surface area contributed by atoms with Gasteiger partial charge in [-0.15, -0.1) is 55.5 Å². The van der Waals surface area contributed by atoms with Crippen molar-refractivity contribution in [2.75, 3.05) is 39.2 Å². The molecule has 105 heavy (non-hydrogen) atoms. The number of benzene rings is 10. The van der Waals surface area contributed by atoms with Crippen molar-refractivity contribution < 1.29 is 80.4 Å². The molecule has 0 spiro atoms. The van der Waals surface area contributed by atoms with Crippen LogP contribution in [0.15, 0.2) is 274 Å². The molecule has 0 atom stereocenters. The molecule has 4 radical (unpaired) electrons. The fraction of sp³-hybridized carbons (Fsp3) is 0.102. The first-order chi connectivity index (χ1) is 49.3. The van der Waals surface area contributed by atoms with E-state index in [0.29, 0.717) is 5.69 Å². The van der Waals surface area contributed by atoms with Crippen molar-refractivity contribution in [3.05, 3.63) is 369 Å². The fourth-order valence-corrected chi connectivity index (χ4v) is 12.6. The third kappa shape index (κ3) is 16.6. The Morgan fingerprint density at radius 2 is 0.743 bits per heavy atom.